The fourth-order valence-corrected chi connectivity index (χ4v) is 2.25. The van der Waals surface area contributed by atoms with E-state index in [9.17, 15) is 4.39 Å². The normalized spacial score (nSPS) is 10.8. The van der Waals surface area contributed by atoms with E-state index in [-0.39, 0.29) is 5.82 Å². The molecule has 0 spiro atoms. The van der Waals surface area contributed by atoms with Crippen molar-refractivity contribution < 1.29 is 9.13 Å². The highest BCUT2D eigenvalue weighted by molar-refractivity contribution is 5.79. The topological polar surface area (TPSA) is 33.6 Å². The molecular formula is C21H19FN2O. The highest BCUT2D eigenvalue weighted by Gasteiger charge is 1.97. The van der Waals surface area contributed by atoms with Crippen LogP contribution in [0.4, 0.5) is 4.39 Å². The monoisotopic (exact) mass is 334 g/mol. The molecule has 0 aromatic heterocycles. The van der Waals surface area contributed by atoms with Gasteiger partial charge in [0.1, 0.15) is 18.2 Å². The lowest BCUT2D eigenvalue weighted by Gasteiger charge is -2.06. The third kappa shape index (κ3) is 5.46. The number of hydrogen-bond acceptors (Lipinski definition) is 3. The minimum absolute atomic E-state index is 0.242. The summed E-state index contributed by atoms with van der Waals surface area (Å²) in [5.74, 6) is 0.520. The van der Waals surface area contributed by atoms with Crippen LogP contribution < -0.4 is 10.2 Å². The molecule has 126 valence electrons. The number of nitrogens with zero attached hydrogens (tertiary/aromatic N) is 1. The molecule has 0 saturated heterocycles. The zero-order chi connectivity index (χ0) is 17.3. The zero-order valence-corrected chi connectivity index (χ0v) is 13.7. The molecule has 0 fully saturated rings. The second-order valence-electron chi connectivity index (χ2n) is 5.56. The predicted molar refractivity (Wildman–Crippen MR) is 98.0 cm³/mol. The van der Waals surface area contributed by atoms with E-state index in [0.717, 1.165) is 16.9 Å². The summed E-state index contributed by atoms with van der Waals surface area (Å²) in [4.78, 5) is 0. The Bertz CT molecular complexity index is 800. The van der Waals surface area contributed by atoms with E-state index in [1.54, 1.807) is 18.3 Å². The van der Waals surface area contributed by atoms with E-state index in [4.69, 9.17) is 4.74 Å². The second kappa shape index (κ2) is 8.64. The lowest BCUT2D eigenvalue weighted by Crippen LogP contribution is -2.05. The van der Waals surface area contributed by atoms with Gasteiger partial charge < -0.3 is 10.2 Å². The summed E-state index contributed by atoms with van der Waals surface area (Å²) in [6, 6.07) is 24.1. The van der Waals surface area contributed by atoms with Crippen molar-refractivity contribution in [3.8, 4) is 5.75 Å². The molecule has 0 amide bonds. The number of benzene rings is 3. The Kier molecular flexibility index (Phi) is 5.77. The van der Waals surface area contributed by atoms with Gasteiger partial charge >= 0.3 is 0 Å². The van der Waals surface area contributed by atoms with Gasteiger partial charge in [-0.1, -0.05) is 42.5 Å². The summed E-state index contributed by atoms with van der Waals surface area (Å²) in [6.07, 6.45) is 1.77. The van der Waals surface area contributed by atoms with Gasteiger partial charge in [0.15, 0.2) is 0 Å². The van der Waals surface area contributed by atoms with E-state index in [2.05, 4.69) is 22.7 Å². The summed E-state index contributed by atoms with van der Waals surface area (Å²) in [7, 11) is 0. The van der Waals surface area contributed by atoms with Crippen molar-refractivity contribution in [3.63, 3.8) is 0 Å². The number of halogens is 1. The largest absolute Gasteiger partial charge is 0.489 e. The van der Waals surface area contributed by atoms with E-state index in [1.807, 2.05) is 42.5 Å². The molecule has 4 heteroatoms. The highest BCUT2D eigenvalue weighted by Crippen LogP contribution is 2.14. The first kappa shape index (κ1) is 16.7. The molecule has 3 aromatic rings. The average Bonchev–Trinajstić information content (AvgIpc) is 2.67. The Balaban J connectivity index is 1.46. The molecule has 0 aliphatic carbocycles. The predicted octanol–water partition coefficient (Wildman–Crippen LogP) is 4.53. The van der Waals surface area contributed by atoms with Gasteiger partial charge in [0, 0.05) is 0 Å². The molecule has 3 aromatic carbocycles. The second-order valence-corrected chi connectivity index (χ2v) is 5.56. The molecular weight excluding hydrogens is 315 g/mol. The summed E-state index contributed by atoms with van der Waals surface area (Å²) >= 11 is 0. The van der Waals surface area contributed by atoms with Crippen molar-refractivity contribution >= 4 is 6.21 Å². The van der Waals surface area contributed by atoms with Crippen molar-refractivity contribution in [2.24, 2.45) is 5.10 Å². The van der Waals surface area contributed by atoms with Crippen molar-refractivity contribution in [3.05, 3.63) is 101 Å². The van der Waals surface area contributed by atoms with Crippen LogP contribution in [0.15, 0.2) is 84.0 Å². The van der Waals surface area contributed by atoms with Crippen LogP contribution in [0.25, 0.3) is 0 Å². The van der Waals surface area contributed by atoms with Gasteiger partial charge in [-0.25, -0.2) is 4.39 Å². The SMILES string of the molecule is Fc1ccc(COc2ccc(C=NNCc3ccccc3)cc2)cc1. The third-order valence-corrected chi connectivity index (χ3v) is 3.63. The first-order valence-electron chi connectivity index (χ1n) is 8.07. The maximum atomic E-state index is 12.9. The summed E-state index contributed by atoms with van der Waals surface area (Å²) in [5, 5.41) is 4.22. The van der Waals surface area contributed by atoms with Crippen LogP contribution in [-0.2, 0) is 13.2 Å². The number of nitrogens with one attached hydrogen (secondary N) is 1. The molecule has 0 saturated carbocycles. The van der Waals surface area contributed by atoms with Gasteiger partial charge in [-0.3, -0.25) is 0 Å². The summed E-state index contributed by atoms with van der Waals surface area (Å²) in [5.41, 5.74) is 6.12. The molecule has 1 N–H and O–H groups in total. The smallest absolute Gasteiger partial charge is 0.123 e. The fourth-order valence-electron chi connectivity index (χ4n) is 2.25. The number of rotatable bonds is 7. The molecule has 0 unspecified atom stereocenters. The van der Waals surface area contributed by atoms with Crippen molar-refractivity contribution in [1.82, 2.24) is 5.43 Å². The quantitative estimate of drug-likeness (QED) is 0.509. The van der Waals surface area contributed by atoms with Crippen LogP contribution >= 0.6 is 0 Å². The summed E-state index contributed by atoms with van der Waals surface area (Å²) in [6.45, 7) is 1.10. The Morgan fingerprint density at radius 2 is 1.56 bits per heavy atom. The molecule has 0 radical (unpaired) electrons. The van der Waals surface area contributed by atoms with Crippen LogP contribution in [0.3, 0.4) is 0 Å². The van der Waals surface area contributed by atoms with Gasteiger partial charge in [0.05, 0.1) is 12.8 Å². The molecule has 0 aliphatic rings. The minimum Gasteiger partial charge on any atom is -0.489 e. The molecule has 0 heterocycles. The Labute approximate surface area is 146 Å². The molecule has 3 nitrogen and oxygen atoms in total. The maximum absolute atomic E-state index is 12.9. The van der Waals surface area contributed by atoms with Crippen molar-refractivity contribution in [1.29, 1.82) is 0 Å². The van der Waals surface area contributed by atoms with Gasteiger partial charge in [-0.05, 0) is 53.1 Å². The van der Waals surface area contributed by atoms with E-state index < -0.39 is 0 Å². The van der Waals surface area contributed by atoms with Crippen LogP contribution in [0.1, 0.15) is 16.7 Å². The first-order valence-corrected chi connectivity index (χ1v) is 8.07. The van der Waals surface area contributed by atoms with E-state index in [1.165, 1.54) is 17.7 Å². The van der Waals surface area contributed by atoms with Gasteiger partial charge in [0.2, 0.25) is 0 Å². The van der Waals surface area contributed by atoms with E-state index >= 15 is 0 Å². The maximum Gasteiger partial charge on any atom is 0.123 e. The van der Waals surface area contributed by atoms with Gasteiger partial charge in [-0.2, -0.15) is 5.10 Å². The molecule has 3 rings (SSSR count). The number of hydrogen-bond donors (Lipinski definition) is 1. The van der Waals surface area contributed by atoms with Crippen molar-refractivity contribution in [2.45, 2.75) is 13.2 Å². The zero-order valence-electron chi connectivity index (χ0n) is 13.7. The Morgan fingerprint density at radius 3 is 2.28 bits per heavy atom. The standard InChI is InChI=1S/C21H19FN2O/c22-20-10-6-19(7-11-20)16-25-21-12-8-18(9-13-21)15-24-23-14-17-4-2-1-3-5-17/h1-13,15,23H,14,16H2. The number of ether oxygens (including phenoxy) is 1. The molecule has 0 aliphatic heterocycles. The lowest BCUT2D eigenvalue weighted by molar-refractivity contribution is 0.306. The lowest BCUT2D eigenvalue weighted by atomic mass is 10.2. The molecule has 25 heavy (non-hydrogen) atoms. The van der Waals surface area contributed by atoms with Crippen LogP contribution in [0.5, 0.6) is 5.75 Å². The molecule has 0 bridgehead atoms. The van der Waals surface area contributed by atoms with Gasteiger partial charge in [-0.15, -0.1) is 0 Å². The Morgan fingerprint density at radius 1 is 0.840 bits per heavy atom. The molecule has 0 atom stereocenters. The Hall–Kier alpha value is -3.14. The highest BCUT2D eigenvalue weighted by atomic mass is 19.1. The van der Waals surface area contributed by atoms with E-state index in [0.29, 0.717) is 13.2 Å². The first-order chi connectivity index (χ1) is 12.3. The number of hydrazone groups is 1. The van der Waals surface area contributed by atoms with Crippen LogP contribution in [0, 0.1) is 5.82 Å². The summed E-state index contributed by atoms with van der Waals surface area (Å²) < 4.78 is 18.5. The average molecular weight is 334 g/mol. The van der Waals surface area contributed by atoms with Crippen molar-refractivity contribution in [2.75, 3.05) is 0 Å². The minimum atomic E-state index is -0.242. The van der Waals surface area contributed by atoms with Crippen LogP contribution in [-0.4, -0.2) is 6.21 Å². The fraction of sp³-hybridized carbons (Fsp3) is 0.0952. The van der Waals surface area contributed by atoms with Gasteiger partial charge in [0.25, 0.3) is 0 Å². The third-order valence-electron chi connectivity index (χ3n) is 3.63. The van der Waals surface area contributed by atoms with Crippen LogP contribution in [0.2, 0.25) is 0 Å².